The van der Waals surface area contributed by atoms with Crippen molar-refractivity contribution in [2.75, 3.05) is 0 Å². The van der Waals surface area contributed by atoms with E-state index in [1.807, 2.05) is 66.7 Å². The van der Waals surface area contributed by atoms with Crippen molar-refractivity contribution in [3.63, 3.8) is 0 Å². The summed E-state index contributed by atoms with van der Waals surface area (Å²) in [6.45, 7) is 0. The molecule has 0 atom stereocenters. The van der Waals surface area contributed by atoms with Crippen LogP contribution in [0.15, 0.2) is 167 Å². The lowest BCUT2D eigenvalue weighted by molar-refractivity contribution is 0.669. The smallest absolute Gasteiger partial charge is 0.137 e. The topological polar surface area (TPSA) is 83.7 Å². The second-order valence-electron chi connectivity index (χ2n) is 14.3. The molecule has 0 aliphatic rings. The molecule has 6 heteroatoms. The van der Waals surface area contributed by atoms with Crippen LogP contribution in [0.5, 0.6) is 0 Å². The largest absolute Gasteiger partial charge is 0.456 e. The molecule has 56 heavy (non-hydrogen) atoms. The SMILES string of the molecule is N#Cc1cc(-c2cccc(-n3c4ccccc4c4cc5c(cc43)oc3ccccc35)c2)cc(-n2c3ccccc3c3cc4c(cc32)oc2ccccc24)c1C#N. The van der Waals surface area contributed by atoms with Crippen molar-refractivity contribution >= 4 is 87.5 Å². The average molecular weight is 715 g/mol. The number of hydrogen-bond donors (Lipinski definition) is 0. The maximum atomic E-state index is 10.6. The van der Waals surface area contributed by atoms with Gasteiger partial charge in [-0.2, -0.15) is 10.5 Å². The molecule has 0 saturated carbocycles. The van der Waals surface area contributed by atoms with Crippen molar-refractivity contribution in [3.8, 4) is 34.6 Å². The number of nitrogens with zero attached hydrogens (tertiary/aromatic N) is 4. The van der Waals surface area contributed by atoms with Crippen LogP contribution in [0, 0.1) is 22.7 Å². The molecule has 0 radical (unpaired) electrons. The number of fused-ring (bicyclic) bond motifs is 12. The van der Waals surface area contributed by atoms with Gasteiger partial charge in [0.1, 0.15) is 34.5 Å². The van der Waals surface area contributed by atoms with Gasteiger partial charge in [-0.05, 0) is 71.8 Å². The third-order valence-electron chi connectivity index (χ3n) is 11.4. The molecule has 4 aromatic heterocycles. The predicted molar refractivity (Wildman–Crippen MR) is 225 cm³/mol. The van der Waals surface area contributed by atoms with Gasteiger partial charge in [-0.25, -0.2) is 0 Å². The molecule has 258 valence electrons. The number of aromatic nitrogens is 2. The van der Waals surface area contributed by atoms with Crippen molar-refractivity contribution in [1.29, 1.82) is 10.5 Å². The van der Waals surface area contributed by atoms with Crippen LogP contribution in [0.2, 0.25) is 0 Å². The molecule has 8 aromatic carbocycles. The lowest BCUT2D eigenvalue weighted by atomic mass is 9.97. The zero-order valence-corrected chi connectivity index (χ0v) is 29.6. The third-order valence-corrected chi connectivity index (χ3v) is 11.4. The molecule has 0 fully saturated rings. The minimum absolute atomic E-state index is 0.310. The lowest BCUT2D eigenvalue weighted by Gasteiger charge is -2.15. The Morgan fingerprint density at radius 2 is 0.929 bits per heavy atom. The number of benzene rings is 8. The van der Waals surface area contributed by atoms with Crippen LogP contribution in [0.25, 0.3) is 110 Å². The van der Waals surface area contributed by atoms with Crippen molar-refractivity contribution in [3.05, 3.63) is 169 Å². The van der Waals surface area contributed by atoms with Gasteiger partial charge in [-0.15, -0.1) is 0 Å². The van der Waals surface area contributed by atoms with E-state index in [9.17, 15) is 10.5 Å². The number of hydrogen-bond acceptors (Lipinski definition) is 4. The Morgan fingerprint density at radius 3 is 1.54 bits per heavy atom. The maximum absolute atomic E-state index is 10.6. The molecule has 0 bridgehead atoms. The van der Waals surface area contributed by atoms with Gasteiger partial charge >= 0.3 is 0 Å². The van der Waals surface area contributed by atoms with Gasteiger partial charge < -0.3 is 18.0 Å². The molecular weight excluding hydrogens is 689 g/mol. The fourth-order valence-corrected chi connectivity index (χ4v) is 8.91. The second-order valence-corrected chi connectivity index (χ2v) is 14.3. The van der Waals surface area contributed by atoms with Crippen LogP contribution in [-0.4, -0.2) is 9.13 Å². The highest BCUT2D eigenvalue weighted by Gasteiger charge is 2.22. The maximum Gasteiger partial charge on any atom is 0.137 e. The summed E-state index contributed by atoms with van der Waals surface area (Å²) in [5.74, 6) is 0. The quantitative estimate of drug-likeness (QED) is 0.182. The normalized spacial score (nSPS) is 11.9. The van der Waals surface area contributed by atoms with Crippen molar-refractivity contribution in [2.24, 2.45) is 0 Å². The van der Waals surface area contributed by atoms with Crippen LogP contribution in [0.3, 0.4) is 0 Å². The molecule has 0 unspecified atom stereocenters. The van der Waals surface area contributed by atoms with E-state index < -0.39 is 0 Å². The molecule has 6 nitrogen and oxygen atoms in total. The van der Waals surface area contributed by atoms with Crippen molar-refractivity contribution in [2.45, 2.75) is 0 Å². The van der Waals surface area contributed by atoms with Gasteiger partial charge in [0.2, 0.25) is 0 Å². The molecule has 0 aliphatic carbocycles. The highest BCUT2D eigenvalue weighted by atomic mass is 16.3. The van der Waals surface area contributed by atoms with E-state index in [-0.39, 0.29) is 0 Å². The van der Waals surface area contributed by atoms with Gasteiger partial charge in [0.05, 0.1) is 38.9 Å². The first-order chi connectivity index (χ1) is 27.7. The van der Waals surface area contributed by atoms with Crippen molar-refractivity contribution < 1.29 is 8.83 Å². The summed E-state index contributed by atoms with van der Waals surface area (Å²) in [6.07, 6.45) is 0. The summed E-state index contributed by atoms with van der Waals surface area (Å²) in [4.78, 5) is 0. The minimum Gasteiger partial charge on any atom is -0.456 e. The first kappa shape index (κ1) is 30.4. The minimum atomic E-state index is 0.310. The van der Waals surface area contributed by atoms with Crippen LogP contribution in [0.4, 0.5) is 0 Å². The molecule has 0 aliphatic heterocycles. The van der Waals surface area contributed by atoms with E-state index in [1.54, 1.807) is 0 Å². The van der Waals surface area contributed by atoms with Gasteiger partial charge in [0.25, 0.3) is 0 Å². The number of rotatable bonds is 3. The van der Waals surface area contributed by atoms with Crippen LogP contribution < -0.4 is 0 Å². The monoisotopic (exact) mass is 714 g/mol. The zero-order valence-electron chi connectivity index (χ0n) is 29.6. The highest BCUT2D eigenvalue weighted by molar-refractivity contribution is 6.19. The van der Waals surface area contributed by atoms with E-state index in [4.69, 9.17) is 8.83 Å². The first-order valence-electron chi connectivity index (χ1n) is 18.5. The van der Waals surface area contributed by atoms with Gasteiger partial charge in [0, 0.05) is 60.9 Å². The second kappa shape index (κ2) is 11.2. The summed E-state index contributed by atoms with van der Waals surface area (Å²) in [5.41, 5.74) is 11.2. The standard InChI is InChI=1S/C50H26N4O2/c51-27-31-20-30(22-44(41(31)28-52)54-43-17-6-2-13-34(43)38-24-40-36-15-4-8-19-48(36)56-50(40)26-46(38)54)29-10-9-11-32(21-29)53-42-16-5-1-12-33(42)37-23-39-35-14-3-7-18-47(35)55-49(39)25-45(37)53/h1-26H. The zero-order chi connectivity index (χ0) is 37.1. The molecule has 12 aromatic rings. The summed E-state index contributed by atoms with van der Waals surface area (Å²) < 4.78 is 17.1. The van der Waals surface area contributed by atoms with Crippen LogP contribution >= 0.6 is 0 Å². The lowest BCUT2D eigenvalue weighted by Crippen LogP contribution is -2.01. The molecule has 0 N–H and O–H groups in total. The molecule has 12 rings (SSSR count). The Labute approximate surface area is 318 Å². The van der Waals surface area contributed by atoms with Gasteiger partial charge in [0.15, 0.2) is 0 Å². The van der Waals surface area contributed by atoms with E-state index in [2.05, 4.69) is 112 Å². The molecule has 0 spiro atoms. The number of furan rings is 2. The Bertz CT molecular complexity index is 3750. The van der Waals surface area contributed by atoms with Gasteiger partial charge in [-0.1, -0.05) is 84.9 Å². The van der Waals surface area contributed by atoms with E-state index in [0.29, 0.717) is 16.8 Å². The molecule has 0 amide bonds. The Balaban J connectivity index is 1.10. The fraction of sp³-hybridized carbons (Fsp3) is 0. The van der Waals surface area contributed by atoms with Crippen molar-refractivity contribution in [1.82, 2.24) is 9.13 Å². The Morgan fingerprint density at radius 1 is 0.375 bits per heavy atom. The fourth-order valence-electron chi connectivity index (χ4n) is 8.91. The third kappa shape index (κ3) is 4.13. The van der Waals surface area contributed by atoms with E-state index >= 15 is 0 Å². The van der Waals surface area contributed by atoms with Crippen LogP contribution in [-0.2, 0) is 0 Å². The highest BCUT2D eigenvalue weighted by Crippen LogP contribution is 2.42. The Kier molecular flexibility index (Phi) is 6.10. The summed E-state index contributed by atoms with van der Waals surface area (Å²) in [6, 6.07) is 58.5. The molecular formula is C50H26N4O2. The number of para-hydroxylation sites is 4. The van der Waals surface area contributed by atoms with E-state index in [0.717, 1.165) is 104 Å². The first-order valence-corrected chi connectivity index (χ1v) is 18.5. The molecule has 0 saturated heterocycles. The van der Waals surface area contributed by atoms with Crippen LogP contribution in [0.1, 0.15) is 11.1 Å². The summed E-state index contributed by atoms with van der Waals surface area (Å²) in [5, 5.41) is 29.8. The van der Waals surface area contributed by atoms with E-state index in [1.165, 1.54) is 0 Å². The van der Waals surface area contributed by atoms with Gasteiger partial charge in [-0.3, -0.25) is 0 Å². The average Bonchev–Trinajstić information content (AvgIpc) is 3.98. The summed E-state index contributed by atoms with van der Waals surface area (Å²) in [7, 11) is 0. The Hall–Kier alpha value is -8.06. The summed E-state index contributed by atoms with van der Waals surface area (Å²) >= 11 is 0. The predicted octanol–water partition coefficient (Wildman–Crippen LogP) is 13.1. The number of nitriles is 2. The molecule has 4 heterocycles.